The van der Waals surface area contributed by atoms with Crippen LogP contribution in [0.2, 0.25) is 0 Å². The van der Waals surface area contributed by atoms with E-state index in [1.807, 2.05) is 0 Å². The van der Waals surface area contributed by atoms with Crippen LogP contribution in [0.4, 0.5) is 14.5 Å². The van der Waals surface area contributed by atoms with Crippen LogP contribution in [-0.4, -0.2) is 36.0 Å². The molecule has 0 radical (unpaired) electrons. The molecule has 0 bridgehead atoms. The van der Waals surface area contributed by atoms with E-state index in [0.29, 0.717) is 5.69 Å². The highest BCUT2D eigenvalue weighted by Gasteiger charge is 2.11. The first-order valence-corrected chi connectivity index (χ1v) is 6.93. The smallest absolute Gasteiger partial charge is 0.387 e. The van der Waals surface area contributed by atoms with Gasteiger partial charge in [-0.3, -0.25) is 9.59 Å². The second kappa shape index (κ2) is 8.16. The van der Waals surface area contributed by atoms with E-state index >= 15 is 0 Å². The fourth-order valence-corrected chi connectivity index (χ4v) is 1.82. The van der Waals surface area contributed by atoms with Crippen molar-refractivity contribution in [3.05, 3.63) is 52.4 Å². The Morgan fingerprint density at radius 3 is 2.58 bits per heavy atom. The SMILES string of the molecule is COCCn1nc(C(=O)Nc2ccc(OC(F)F)cc2)ccc1=O. The van der Waals surface area contributed by atoms with Crippen LogP contribution in [0.1, 0.15) is 10.5 Å². The molecule has 0 aliphatic heterocycles. The lowest BCUT2D eigenvalue weighted by molar-refractivity contribution is -0.0498. The maximum atomic E-state index is 12.1. The predicted octanol–water partition coefficient (Wildman–Crippen LogP) is 1.74. The zero-order valence-electron chi connectivity index (χ0n) is 12.7. The van der Waals surface area contributed by atoms with E-state index in [1.54, 1.807) is 0 Å². The van der Waals surface area contributed by atoms with Crippen molar-refractivity contribution >= 4 is 11.6 Å². The summed E-state index contributed by atoms with van der Waals surface area (Å²) in [6.07, 6.45) is 0. The summed E-state index contributed by atoms with van der Waals surface area (Å²) in [5, 5.41) is 6.50. The molecule has 9 heteroatoms. The van der Waals surface area contributed by atoms with Crippen LogP contribution in [0.5, 0.6) is 5.75 Å². The van der Waals surface area contributed by atoms with Crippen LogP contribution in [-0.2, 0) is 11.3 Å². The third kappa shape index (κ3) is 4.85. The number of nitrogens with zero attached hydrogens (tertiary/aromatic N) is 2. The minimum atomic E-state index is -2.91. The Hall–Kier alpha value is -2.81. The lowest BCUT2D eigenvalue weighted by atomic mass is 10.3. The number of hydrogen-bond acceptors (Lipinski definition) is 5. The van der Waals surface area contributed by atoms with Crippen molar-refractivity contribution in [2.45, 2.75) is 13.2 Å². The van der Waals surface area contributed by atoms with Gasteiger partial charge in [0.2, 0.25) is 0 Å². The fourth-order valence-electron chi connectivity index (χ4n) is 1.82. The Bertz CT molecular complexity index is 747. The summed E-state index contributed by atoms with van der Waals surface area (Å²) in [5.74, 6) is -0.557. The van der Waals surface area contributed by atoms with Gasteiger partial charge < -0.3 is 14.8 Å². The second-order valence-electron chi connectivity index (χ2n) is 4.63. The van der Waals surface area contributed by atoms with Gasteiger partial charge in [-0.1, -0.05) is 0 Å². The molecule has 0 saturated carbocycles. The van der Waals surface area contributed by atoms with Gasteiger partial charge in [-0.25, -0.2) is 4.68 Å². The highest BCUT2D eigenvalue weighted by atomic mass is 19.3. The highest BCUT2D eigenvalue weighted by Crippen LogP contribution is 2.18. The highest BCUT2D eigenvalue weighted by molar-refractivity contribution is 6.02. The summed E-state index contributed by atoms with van der Waals surface area (Å²) in [6, 6.07) is 7.96. The molecule has 0 unspecified atom stereocenters. The molecule has 7 nitrogen and oxygen atoms in total. The molecule has 1 aromatic heterocycles. The van der Waals surface area contributed by atoms with Crippen LogP contribution in [0.15, 0.2) is 41.2 Å². The van der Waals surface area contributed by atoms with Crippen molar-refractivity contribution < 1.29 is 23.0 Å². The number of aromatic nitrogens is 2. The molecule has 0 saturated heterocycles. The third-order valence-electron chi connectivity index (χ3n) is 2.94. The van der Waals surface area contributed by atoms with E-state index < -0.39 is 12.5 Å². The van der Waals surface area contributed by atoms with Gasteiger partial charge in [0.05, 0.1) is 13.2 Å². The molecule has 2 aromatic rings. The van der Waals surface area contributed by atoms with E-state index in [4.69, 9.17) is 4.74 Å². The van der Waals surface area contributed by atoms with Crippen LogP contribution in [0.3, 0.4) is 0 Å². The molecular formula is C15H15F2N3O4. The number of nitrogens with one attached hydrogen (secondary N) is 1. The van der Waals surface area contributed by atoms with Crippen molar-refractivity contribution in [3.63, 3.8) is 0 Å². The van der Waals surface area contributed by atoms with Gasteiger partial charge >= 0.3 is 6.61 Å². The molecule has 24 heavy (non-hydrogen) atoms. The molecule has 128 valence electrons. The molecule has 2 rings (SSSR count). The number of benzene rings is 1. The zero-order valence-corrected chi connectivity index (χ0v) is 12.7. The van der Waals surface area contributed by atoms with Gasteiger partial charge in [-0.15, -0.1) is 0 Å². The van der Waals surface area contributed by atoms with E-state index in [9.17, 15) is 18.4 Å². The lowest BCUT2D eigenvalue weighted by Gasteiger charge is -2.08. The minimum Gasteiger partial charge on any atom is -0.435 e. The molecule has 0 aliphatic carbocycles. The van der Waals surface area contributed by atoms with E-state index in [-0.39, 0.29) is 30.2 Å². The number of amides is 1. The maximum absolute atomic E-state index is 12.1. The predicted molar refractivity (Wildman–Crippen MR) is 81.4 cm³/mol. The van der Waals surface area contributed by atoms with Crippen LogP contribution in [0, 0.1) is 0 Å². The first-order valence-electron chi connectivity index (χ1n) is 6.93. The number of alkyl halides is 2. The summed E-state index contributed by atoms with van der Waals surface area (Å²) >= 11 is 0. The third-order valence-corrected chi connectivity index (χ3v) is 2.94. The standard InChI is InChI=1S/C15H15F2N3O4/c1-23-9-8-20-13(21)7-6-12(19-20)14(22)18-10-2-4-11(5-3-10)24-15(16)17/h2-7,15H,8-9H2,1H3,(H,18,22). The largest absolute Gasteiger partial charge is 0.435 e. The summed E-state index contributed by atoms with van der Waals surface area (Å²) < 4.78 is 34.4. The Morgan fingerprint density at radius 2 is 1.96 bits per heavy atom. The van der Waals surface area contributed by atoms with E-state index in [0.717, 1.165) is 4.68 Å². The number of carbonyl (C=O) groups is 1. The summed E-state index contributed by atoms with van der Waals surface area (Å²) in [4.78, 5) is 23.8. The number of hydrogen-bond donors (Lipinski definition) is 1. The fraction of sp³-hybridized carbons (Fsp3) is 0.267. The number of rotatable bonds is 7. The van der Waals surface area contributed by atoms with E-state index in [1.165, 1.54) is 43.5 Å². The molecule has 1 N–H and O–H groups in total. The van der Waals surface area contributed by atoms with Crippen LogP contribution < -0.4 is 15.6 Å². The quantitative estimate of drug-likeness (QED) is 0.831. The second-order valence-corrected chi connectivity index (χ2v) is 4.63. The number of carbonyl (C=O) groups excluding carboxylic acids is 1. The lowest BCUT2D eigenvalue weighted by Crippen LogP contribution is -2.27. The van der Waals surface area contributed by atoms with Gasteiger partial charge in [0.25, 0.3) is 11.5 Å². The molecule has 0 spiro atoms. The molecule has 1 heterocycles. The first-order chi connectivity index (χ1) is 11.5. The van der Waals surface area contributed by atoms with Gasteiger partial charge in [0.1, 0.15) is 11.4 Å². The molecular weight excluding hydrogens is 324 g/mol. The Morgan fingerprint density at radius 1 is 1.25 bits per heavy atom. The Balaban J connectivity index is 2.07. The Labute approximate surface area is 135 Å². The summed E-state index contributed by atoms with van der Waals surface area (Å²) in [7, 11) is 1.49. The number of halogens is 2. The molecule has 1 amide bonds. The van der Waals surface area contributed by atoms with Crippen molar-refractivity contribution in [3.8, 4) is 5.75 Å². The minimum absolute atomic E-state index is 0.0192. The molecule has 0 aliphatic rings. The van der Waals surface area contributed by atoms with Crippen LogP contribution in [0.25, 0.3) is 0 Å². The Kier molecular flexibility index (Phi) is 5.96. The molecule has 1 aromatic carbocycles. The normalized spacial score (nSPS) is 10.7. The number of anilines is 1. The van der Waals surface area contributed by atoms with Gasteiger partial charge in [0, 0.05) is 18.9 Å². The summed E-state index contributed by atoms with van der Waals surface area (Å²) in [6.45, 7) is -2.41. The number of methoxy groups -OCH3 is 1. The molecule has 0 atom stereocenters. The maximum Gasteiger partial charge on any atom is 0.387 e. The topological polar surface area (TPSA) is 82.5 Å². The van der Waals surface area contributed by atoms with Crippen molar-refractivity contribution in [1.29, 1.82) is 0 Å². The van der Waals surface area contributed by atoms with Gasteiger partial charge in [0.15, 0.2) is 0 Å². The van der Waals surface area contributed by atoms with Crippen LogP contribution >= 0.6 is 0 Å². The van der Waals surface area contributed by atoms with Crippen molar-refractivity contribution in [1.82, 2.24) is 9.78 Å². The van der Waals surface area contributed by atoms with Gasteiger partial charge in [-0.2, -0.15) is 13.9 Å². The van der Waals surface area contributed by atoms with Crippen molar-refractivity contribution in [2.75, 3.05) is 19.0 Å². The van der Waals surface area contributed by atoms with Crippen molar-refractivity contribution in [2.24, 2.45) is 0 Å². The summed E-state index contributed by atoms with van der Waals surface area (Å²) in [5.41, 5.74) is 0.0637. The molecule has 0 fully saturated rings. The van der Waals surface area contributed by atoms with Gasteiger partial charge in [-0.05, 0) is 30.3 Å². The zero-order chi connectivity index (χ0) is 17.5. The average molecular weight is 339 g/mol. The average Bonchev–Trinajstić information content (AvgIpc) is 2.55. The van der Waals surface area contributed by atoms with E-state index in [2.05, 4.69) is 15.2 Å². The monoisotopic (exact) mass is 339 g/mol. The number of ether oxygens (including phenoxy) is 2. The first kappa shape index (κ1) is 17.5.